The first-order valence-corrected chi connectivity index (χ1v) is 11.7. The van der Waals surface area contributed by atoms with E-state index in [1.54, 1.807) is 5.48 Å². The first kappa shape index (κ1) is 23.0. The first-order valence-electron chi connectivity index (χ1n) is 11.7. The van der Waals surface area contributed by atoms with Gasteiger partial charge < -0.3 is 9.72 Å². The molecule has 2 aromatic heterocycles. The van der Waals surface area contributed by atoms with Gasteiger partial charge >= 0.3 is 0 Å². The molecule has 4 N–H and O–H groups in total. The lowest BCUT2D eigenvalue weighted by Gasteiger charge is -2.28. The van der Waals surface area contributed by atoms with E-state index in [4.69, 9.17) is 14.9 Å². The molecule has 0 aliphatic heterocycles. The van der Waals surface area contributed by atoms with Gasteiger partial charge in [-0.2, -0.15) is 5.10 Å². The van der Waals surface area contributed by atoms with Crippen molar-refractivity contribution in [3.8, 4) is 17.1 Å². The summed E-state index contributed by atoms with van der Waals surface area (Å²) in [5, 5.41) is 15.9. The van der Waals surface area contributed by atoms with Crippen molar-refractivity contribution < 1.29 is 14.7 Å². The van der Waals surface area contributed by atoms with Gasteiger partial charge in [0.05, 0.1) is 17.9 Å². The Labute approximate surface area is 191 Å². The summed E-state index contributed by atoms with van der Waals surface area (Å²) >= 11 is 0. The molecule has 1 aliphatic rings. The third-order valence-corrected chi connectivity index (χ3v) is 6.46. The van der Waals surface area contributed by atoms with E-state index in [0.717, 1.165) is 49.8 Å². The molecule has 4 rings (SSSR count). The number of aromatic nitrogens is 4. The van der Waals surface area contributed by atoms with Crippen molar-refractivity contribution in [3.05, 3.63) is 39.8 Å². The number of rotatable bonds is 8. The van der Waals surface area contributed by atoms with E-state index in [0.29, 0.717) is 41.6 Å². The first-order chi connectivity index (χ1) is 16.0. The molecule has 0 unspecified atom stereocenters. The van der Waals surface area contributed by atoms with Gasteiger partial charge in [0.25, 0.3) is 5.56 Å². The molecule has 33 heavy (non-hydrogen) atoms. The fourth-order valence-electron chi connectivity index (χ4n) is 4.78. The second kappa shape index (κ2) is 10.2. The summed E-state index contributed by atoms with van der Waals surface area (Å²) in [5.74, 6) is 1.47. The smallest absolute Gasteiger partial charge is 0.277 e. The summed E-state index contributed by atoms with van der Waals surface area (Å²) in [6, 6.07) is 6.10. The molecule has 1 amide bonds. The van der Waals surface area contributed by atoms with Crippen LogP contribution in [0.15, 0.2) is 23.0 Å². The number of fused-ring (bicyclic) bond motifs is 1. The highest BCUT2D eigenvalue weighted by Gasteiger charge is 2.25. The van der Waals surface area contributed by atoms with Crippen molar-refractivity contribution in [1.29, 1.82) is 0 Å². The van der Waals surface area contributed by atoms with Gasteiger partial charge in [-0.25, -0.2) is 10.5 Å². The highest BCUT2D eigenvalue weighted by atomic mass is 16.5. The fourth-order valence-corrected chi connectivity index (χ4v) is 4.78. The van der Waals surface area contributed by atoms with Crippen LogP contribution in [-0.2, 0) is 11.2 Å². The van der Waals surface area contributed by atoms with Crippen molar-refractivity contribution in [1.82, 2.24) is 25.6 Å². The van der Waals surface area contributed by atoms with E-state index in [1.165, 1.54) is 5.56 Å². The normalized spacial score (nSPS) is 18.4. The van der Waals surface area contributed by atoms with Gasteiger partial charge in [0.15, 0.2) is 0 Å². The van der Waals surface area contributed by atoms with Gasteiger partial charge in [0.1, 0.15) is 22.6 Å². The average Bonchev–Trinajstić information content (AvgIpc) is 3.23. The Hall–Kier alpha value is -3.20. The number of carbonyl (C=O) groups is 1. The van der Waals surface area contributed by atoms with Gasteiger partial charge in [0, 0.05) is 6.42 Å². The lowest BCUT2D eigenvalue weighted by atomic mass is 9.77. The summed E-state index contributed by atoms with van der Waals surface area (Å²) in [5.41, 5.74) is 5.20. The van der Waals surface area contributed by atoms with Gasteiger partial charge in [-0.15, -0.1) is 0 Å². The molecule has 2 heterocycles. The molecule has 0 radical (unpaired) electrons. The van der Waals surface area contributed by atoms with Gasteiger partial charge in [-0.3, -0.25) is 19.9 Å². The zero-order valence-corrected chi connectivity index (χ0v) is 19.1. The number of benzene rings is 1. The van der Waals surface area contributed by atoms with Crippen LogP contribution in [0.3, 0.4) is 0 Å². The molecule has 1 saturated carbocycles. The molecule has 3 aromatic rings. The minimum atomic E-state index is -0.325. The van der Waals surface area contributed by atoms with E-state index < -0.39 is 0 Å². The number of amides is 1. The molecular formula is C24H31N5O4. The minimum absolute atomic E-state index is 0.250. The molecular weight excluding hydrogens is 422 g/mol. The number of hydrogen-bond donors (Lipinski definition) is 4. The van der Waals surface area contributed by atoms with Gasteiger partial charge in [0.2, 0.25) is 5.91 Å². The van der Waals surface area contributed by atoms with Crippen molar-refractivity contribution in [2.75, 3.05) is 6.61 Å². The number of H-pyrrole nitrogens is 2. The standard InChI is InChI=1S/C24H31N5O4/c1-3-5-18-21-22(28-27-18)24(31)26-23(25-21)17-13-16(10-11-19(17)33-4-2)15-8-6-14(7-9-15)12-20(30)29-32/h10-11,13-15,32H,3-9,12H2,1-2H3,(H,27,28)(H,29,30)(H,25,26,31). The van der Waals surface area contributed by atoms with Gasteiger partial charge in [-0.05, 0) is 68.6 Å². The molecule has 0 saturated heterocycles. The molecule has 0 bridgehead atoms. The highest BCUT2D eigenvalue weighted by molar-refractivity contribution is 5.79. The van der Waals surface area contributed by atoms with Crippen LogP contribution in [0.2, 0.25) is 0 Å². The third kappa shape index (κ3) is 4.93. The van der Waals surface area contributed by atoms with Crippen molar-refractivity contribution in [2.45, 2.75) is 64.7 Å². The molecule has 1 fully saturated rings. The maximum Gasteiger partial charge on any atom is 0.277 e. The quantitative estimate of drug-likeness (QED) is 0.303. The van der Waals surface area contributed by atoms with Crippen molar-refractivity contribution in [3.63, 3.8) is 0 Å². The Morgan fingerprint density at radius 2 is 2.03 bits per heavy atom. The van der Waals surface area contributed by atoms with Gasteiger partial charge in [-0.1, -0.05) is 19.4 Å². The van der Waals surface area contributed by atoms with Crippen LogP contribution < -0.4 is 15.8 Å². The number of nitrogens with zero attached hydrogens (tertiary/aromatic N) is 2. The number of nitrogens with one attached hydrogen (secondary N) is 3. The lowest BCUT2D eigenvalue weighted by molar-refractivity contribution is -0.130. The SMILES string of the molecule is CCCc1n[nH]c2c(=O)[nH]c(-c3cc(C4CCC(CC(=O)NO)CC4)ccc3OCC)nc12. The Morgan fingerprint density at radius 1 is 1.24 bits per heavy atom. The Balaban J connectivity index is 1.66. The Kier molecular flexibility index (Phi) is 7.08. The summed E-state index contributed by atoms with van der Waals surface area (Å²) in [6.45, 7) is 4.50. The highest BCUT2D eigenvalue weighted by Crippen LogP contribution is 2.40. The topological polar surface area (TPSA) is 133 Å². The predicted octanol–water partition coefficient (Wildman–Crippen LogP) is 3.83. The predicted molar refractivity (Wildman–Crippen MR) is 124 cm³/mol. The number of aryl methyl sites for hydroxylation is 1. The van der Waals surface area contributed by atoms with Crippen LogP contribution >= 0.6 is 0 Å². The summed E-state index contributed by atoms with van der Waals surface area (Å²) in [6.07, 6.45) is 5.78. The maximum absolute atomic E-state index is 12.7. The molecule has 9 heteroatoms. The van der Waals surface area contributed by atoms with E-state index in [9.17, 15) is 9.59 Å². The zero-order chi connectivity index (χ0) is 23.4. The third-order valence-electron chi connectivity index (χ3n) is 6.46. The zero-order valence-electron chi connectivity index (χ0n) is 19.1. The van der Waals surface area contributed by atoms with Crippen LogP contribution in [0.25, 0.3) is 22.4 Å². The molecule has 9 nitrogen and oxygen atoms in total. The van der Waals surface area contributed by atoms with E-state index >= 15 is 0 Å². The number of ether oxygens (including phenoxy) is 1. The summed E-state index contributed by atoms with van der Waals surface area (Å²) in [4.78, 5) is 31.9. The fraction of sp³-hybridized carbons (Fsp3) is 0.500. The Bertz CT molecular complexity index is 1180. The number of hydrogen-bond acceptors (Lipinski definition) is 6. The van der Waals surface area contributed by atoms with E-state index in [1.807, 2.05) is 13.0 Å². The number of carbonyl (C=O) groups excluding carboxylic acids is 1. The van der Waals surface area contributed by atoms with Crippen LogP contribution in [0, 0.1) is 5.92 Å². The van der Waals surface area contributed by atoms with Crippen molar-refractivity contribution in [2.24, 2.45) is 5.92 Å². The summed E-state index contributed by atoms with van der Waals surface area (Å²) < 4.78 is 5.86. The molecule has 1 aromatic carbocycles. The molecule has 176 valence electrons. The van der Waals surface area contributed by atoms with E-state index in [2.05, 4.69) is 34.2 Å². The van der Waals surface area contributed by atoms with Crippen LogP contribution in [0.1, 0.15) is 69.5 Å². The number of hydroxylamine groups is 1. The molecule has 0 atom stereocenters. The average molecular weight is 454 g/mol. The maximum atomic E-state index is 12.7. The van der Waals surface area contributed by atoms with E-state index in [-0.39, 0.29) is 17.4 Å². The largest absolute Gasteiger partial charge is 0.493 e. The van der Waals surface area contributed by atoms with Crippen LogP contribution in [-0.4, -0.2) is 37.9 Å². The minimum Gasteiger partial charge on any atom is -0.493 e. The lowest BCUT2D eigenvalue weighted by Crippen LogP contribution is -2.24. The van der Waals surface area contributed by atoms with Crippen LogP contribution in [0.4, 0.5) is 0 Å². The molecule has 0 spiro atoms. The monoisotopic (exact) mass is 453 g/mol. The Morgan fingerprint density at radius 3 is 2.73 bits per heavy atom. The van der Waals surface area contributed by atoms with Crippen LogP contribution in [0.5, 0.6) is 5.75 Å². The second-order valence-corrected chi connectivity index (χ2v) is 8.70. The second-order valence-electron chi connectivity index (χ2n) is 8.70. The van der Waals surface area contributed by atoms with Crippen molar-refractivity contribution >= 4 is 16.9 Å². The molecule has 1 aliphatic carbocycles. The summed E-state index contributed by atoms with van der Waals surface area (Å²) in [7, 11) is 0. The number of aromatic amines is 2.